The Bertz CT molecular complexity index is 547. The molecule has 0 radical (unpaired) electrons. The number of benzene rings is 1. The van der Waals surface area contributed by atoms with Crippen LogP contribution in [0.2, 0.25) is 0 Å². The summed E-state index contributed by atoms with van der Waals surface area (Å²) >= 11 is 0. The zero-order valence-electron chi connectivity index (χ0n) is 13.9. The second-order valence-electron chi connectivity index (χ2n) is 6.37. The van der Waals surface area contributed by atoms with E-state index in [9.17, 15) is 4.79 Å². The molecule has 2 saturated heterocycles. The van der Waals surface area contributed by atoms with E-state index in [0.717, 1.165) is 57.8 Å². The van der Waals surface area contributed by atoms with Gasteiger partial charge in [-0.2, -0.15) is 0 Å². The van der Waals surface area contributed by atoms with Crippen LogP contribution in [0.4, 0.5) is 5.69 Å². The highest BCUT2D eigenvalue weighted by atomic mass is 16.5. The smallest absolute Gasteiger partial charge is 0.246 e. The molecule has 2 fully saturated rings. The van der Waals surface area contributed by atoms with Crippen LogP contribution in [-0.4, -0.2) is 50.2 Å². The Balaban J connectivity index is 1.56. The van der Waals surface area contributed by atoms with Gasteiger partial charge in [0.05, 0.1) is 13.2 Å². The maximum absolute atomic E-state index is 12.2. The molecule has 0 aromatic heterocycles. The molecule has 124 valence electrons. The molecule has 0 saturated carbocycles. The Hall–Kier alpha value is -1.81. The van der Waals surface area contributed by atoms with Crippen molar-refractivity contribution in [1.29, 1.82) is 0 Å². The van der Waals surface area contributed by atoms with Crippen LogP contribution in [0.25, 0.3) is 6.08 Å². The van der Waals surface area contributed by atoms with Gasteiger partial charge in [0.15, 0.2) is 0 Å². The van der Waals surface area contributed by atoms with Crippen LogP contribution in [-0.2, 0) is 9.53 Å². The largest absolute Gasteiger partial charge is 0.378 e. The SMILES string of the molecule is CCC1CCN(C(=O)/C=C/c2ccc(N3CCOCC3)cc2)C1. The van der Waals surface area contributed by atoms with Crippen molar-refractivity contribution in [3.05, 3.63) is 35.9 Å². The maximum Gasteiger partial charge on any atom is 0.246 e. The van der Waals surface area contributed by atoms with Crippen LogP contribution < -0.4 is 4.90 Å². The minimum atomic E-state index is 0.137. The van der Waals surface area contributed by atoms with Crippen molar-refractivity contribution in [2.45, 2.75) is 19.8 Å². The molecule has 0 aliphatic carbocycles. The van der Waals surface area contributed by atoms with Gasteiger partial charge < -0.3 is 14.5 Å². The molecule has 2 heterocycles. The number of likely N-dealkylation sites (tertiary alicyclic amines) is 1. The Kier molecular flexibility index (Phi) is 5.34. The van der Waals surface area contributed by atoms with Crippen LogP contribution in [0.1, 0.15) is 25.3 Å². The van der Waals surface area contributed by atoms with Gasteiger partial charge in [-0.05, 0) is 36.1 Å². The summed E-state index contributed by atoms with van der Waals surface area (Å²) in [5, 5.41) is 0. The minimum absolute atomic E-state index is 0.137. The van der Waals surface area contributed by atoms with E-state index in [1.165, 1.54) is 5.69 Å². The summed E-state index contributed by atoms with van der Waals surface area (Å²) in [6.45, 7) is 7.50. The fourth-order valence-electron chi connectivity index (χ4n) is 3.26. The van der Waals surface area contributed by atoms with Gasteiger partial charge in [0, 0.05) is 37.9 Å². The lowest BCUT2D eigenvalue weighted by atomic mass is 10.1. The summed E-state index contributed by atoms with van der Waals surface area (Å²) in [5.74, 6) is 0.818. The Morgan fingerprint density at radius 1 is 1.22 bits per heavy atom. The lowest BCUT2D eigenvalue weighted by molar-refractivity contribution is -0.125. The fourth-order valence-corrected chi connectivity index (χ4v) is 3.26. The van der Waals surface area contributed by atoms with Gasteiger partial charge in [0.1, 0.15) is 0 Å². The first-order valence-corrected chi connectivity index (χ1v) is 8.66. The predicted octanol–water partition coefficient (Wildman–Crippen LogP) is 2.79. The zero-order valence-corrected chi connectivity index (χ0v) is 13.9. The molecule has 0 N–H and O–H groups in total. The molecule has 4 heteroatoms. The van der Waals surface area contributed by atoms with Gasteiger partial charge >= 0.3 is 0 Å². The van der Waals surface area contributed by atoms with Gasteiger partial charge in [-0.15, -0.1) is 0 Å². The molecular formula is C19H26N2O2. The molecule has 2 aliphatic heterocycles. The summed E-state index contributed by atoms with van der Waals surface area (Å²) in [6, 6.07) is 8.40. The lowest BCUT2D eigenvalue weighted by Crippen LogP contribution is -2.36. The van der Waals surface area contributed by atoms with E-state index in [4.69, 9.17) is 4.74 Å². The first kappa shape index (κ1) is 16.1. The zero-order chi connectivity index (χ0) is 16.1. The first-order valence-electron chi connectivity index (χ1n) is 8.66. The summed E-state index contributed by atoms with van der Waals surface area (Å²) in [4.78, 5) is 16.5. The third kappa shape index (κ3) is 4.14. The standard InChI is InChI=1S/C19H26N2O2/c1-2-16-9-10-21(15-16)19(22)8-5-17-3-6-18(7-4-17)20-11-13-23-14-12-20/h3-8,16H,2,9-15H2,1H3/b8-5+. The second kappa shape index (κ2) is 7.64. The molecule has 1 amide bonds. The maximum atomic E-state index is 12.2. The van der Waals surface area contributed by atoms with Crippen molar-refractivity contribution in [2.75, 3.05) is 44.3 Å². The van der Waals surface area contributed by atoms with E-state index in [1.807, 2.05) is 11.0 Å². The van der Waals surface area contributed by atoms with Crippen molar-refractivity contribution in [1.82, 2.24) is 4.90 Å². The number of anilines is 1. The molecule has 1 aromatic carbocycles. The highest BCUT2D eigenvalue weighted by Gasteiger charge is 2.23. The molecule has 1 aromatic rings. The highest BCUT2D eigenvalue weighted by Crippen LogP contribution is 2.20. The monoisotopic (exact) mass is 314 g/mol. The number of carbonyl (C=O) groups excluding carboxylic acids is 1. The van der Waals surface area contributed by atoms with Crippen LogP contribution in [0, 0.1) is 5.92 Å². The number of hydrogen-bond acceptors (Lipinski definition) is 3. The van der Waals surface area contributed by atoms with Gasteiger partial charge in [0.25, 0.3) is 0 Å². The third-order valence-electron chi connectivity index (χ3n) is 4.86. The number of rotatable bonds is 4. The number of ether oxygens (including phenoxy) is 1. The summed E-state index contributed by atoms with van der Waals surface area (Å²) in [7, 11) is 0. The normalized spacial score (nSPS) is 22.0. The third-order valence-corrected chi connectivity index (χ3v) is 4.86. The van der Waals surface area contributed by atoms with Crippen molar-refractivity contribution in [3.63, 3.8) is 0 Å². The van der Waals surface area contributed by atoms with Gasteiger partial charge in [0.2, 0.25) is 5.91 Å². The molecule has 4 nitrogen and oxygen atoms in total. The Morgan fingerprint density at radius 2 is 1.96 bits per heavy atom. The van der Waals surface area contributed by atoms with E-state index in [2.05, 4.69) is 36.1 Å². The van der Waals surface area contributed by atoms with Crippen molar-refractivity contribution in [3.8, 4) is 0 Å². The summed E-state index contributed by atoms with van der Waals surface area (Å²) < 4.78 is 5.38. The van der Waals surface area contributed by atoms with E-state index >= 15 is 0 Å². The van der Waals surface area contributed by atoms with E-state index in [0.29, 0.717) is 5.92 Å². The minimum Gasteiger partial charge on any atom is -0.378 e. The number of morpholine rings is 1. The van der Waals surface area contributed by atoms with Crippen LogP contribution >= 0.6 is 0 Å². The van der Waals surface area contributed by atoms with Gasteiger partial charge in [-0.25, -0.2) is 0 Å². The molecule has 0 spiro atoms. The molecule has 1 unspecified atom stereocenters. The molecular weight excluding hydrogens is 288 g/mol. The molecule has 23 heavy (non-hydrogen) atoms. The van der Waals surface area contributed by atoms with Crippen molar-refractivity contribution in [2.24, 2.45) is 5.92 Å². The number of carbonyl (C=O) groups is 1. The van der Waals surface area contributed by atoms with Gasteiger partial charge in [-0.3, -0.25) is 4.79 Å². The molecule has 3 rings (SSSR count). The van der Waals surface area contributed by atoms with Gasteiger partial charge in [-0.1, -0.05) is 25.5 Å². The quantitative estimate of drug-likeness (QED) is 0.801. The average Bonchev–Trinajstić information content (AvgIpc) is 3.10. The van der Waals surface area contributed by atoms with Crippen LogP contribution in [0.15, 0.2) is 30.3 Å². The van der Waals surface area contributed by atoms with E-state index < -0.39 is 0 Å². The summed E-state index contributed by atoms with van der Waals surface area (Å²) in [6.07, 6.45) is 5.94. The van der Waals surface area contributed by atoms with E-state index in [1.54, 1.807) is 6.08 Å². The van der Waals surface area contributed by atoms with Crippen molar-refractivity contribution >= 4 is 17.7 Å². The predicted molar refractivity (Wildman–Crippen MR) is 93.5 cm³/mol. The number of nitrogens with zero attached hydrogens (tertiary/aromatic N) is 2. The average molecular weight is 314 g/mol. The highest BCUT2D eigenvalue weighted by molar-refractivity contribution is 5.92. The fraction of sp³-hybridized carbons (Fsp3) is 0.526. The molecule has 2 aliphatic rings. The van der Waals surface area contributed by atoms with E-state index in [-0.39, 0.29) is 5.91 Å². The van der Waals surface area contributed by atoms with Crippen LogP contribution in [0.3, 0.4) is 0 Å². The Labute approximate surface area is 138 Å². The molecule has 0 bridgehead atoms. The second-order valence-corrected chi connectivity index (χ2v) is 6.37. The number of hydrogen-bond donors (Lipinski definition) is 0. The Morgan fingerprint density at radius 3 is 2.61 bits per heavy atom. The lowest BCUT2D eigenvalue weighted by Gasteiger charge is -2.28. The van der Waals surface area contributed by atoms with Crippen molar-refractivity contribution < 1.29 is 9.53 Å². The topological polar surface area (TPSA) is 32.8 Å². The number of amides is 1. The summed E-state index contributed by atoms with van der Waals surface area (Å²) in [5.41, 5.74) is 2.30. The first-order chi connectivity index (χ1) is 11.3. The molecule has 1 atom stereocenters. The van der Waals surface area contributed by atoms with Crippen LogP contribution in [0.5, 0.6) is 0 Å².